The van der Waals surface area contributed by atoms with Gasteiger partial charge in [0.2, 0.25) is 5.91 Å². The Balaban J connectivity index is 1.38. The van der Waals surface area contributed by atoms with Crippen LogP contribution in [-0.2, 0) is 4.79 Å². The summed E-state index contributed by atoms with van der Waals surface area (Å²) in [7, 11) is 0. The predicted octanol–water partition coefficient (Wildman–Crippen LogP) is 5.04. The third kappa shape index (κ3) is 4.33. The molecular formula is C27H25N9O. The van der Waals surface area contributed by atoms with Gasteiger partial charge >= 0.3 is 0 Å². The van der Waals surface area contributed by atoms with Crippen LogP contribution < -0.4 is 5.32 Å². The standard InChI is InChI=1S/C27H25N9O/c1-15(2)8-23(37)31-19-9-18(11-28-12-19)17-4-5-21-20(10-17)24(35-34-21)27-32-25-22(6-7-29-26(25)33-27)36-13-16(3)30-14-36/h4-7,9-15H,8H2,1-3H3,(H,31,37)(H,34,35)(H,29,32,33). The second-order valence-corrected chi connectivity index (χ2v) is 9.48. The molecule has 0 aliphatic carbocycles. The Labute approximate surface area is 212 Å². The fraction of sp³-hybridized carbons (Fsp3) is 0.185. The Morgan fingerprint density at radius 2 is 2.00 bits per heavy atom. The van der Waals surface area contributed by atoms with Crippen LogP contribution in [0.3, 0.4) is 0 Å². The molecule has 0 unspecified atom stereocenters. The van der Waals surface area contributed by atoms with Crippen LogP contribution in [0.1, 0.15) is 26.0 Å². The monoisotopic (exact) mass is 491 g/mol. The largest absolute Gasteiger partial charge is 0.325 e. The van der Waals surface area contributed by atoms with Crippen LogP contribution in [-0.4, -0.2) is 45.6 Å². The van der Waals surface area contributed by atoms with E-state index in [0.717, 1.165) is 38.9 Å². The van der Waals surface area contributed by atoms with Crippen molar-refractivity contribution in [3.63, 3.8) is 0 Å². The lowest BCUT2D eigenvalue weighted by atomic mass is 10.0. The van der Waals surface area contributed by atoms with Gasteiger partial charge in [-0.1, -0.05) is 19.9 Å². The van der Waals surface area contributed by atoms with Gasteiger partial charge in [-0.3, -0.25) is 14.9 Å². The number of nitrogens with zero attached hydrogens (tertiary/aromatic N) is 6. The molecule has 3 N–H and O–H groups in total. The lowest BCUT2D eigenvalue weighted by Gasteiger charge is -2.09. The molecule has 37 heavy (non-hydrogen) atoms. The van der Waals surface area contributed by atoms with Crippen LogP contribution in [0.5, 0.6) is 0 Å². The van der Waals surface area contributed by atoms with Gasteiger partial charge in [-0.25, -0.2) is 15.0 Å². The Morgan fingerprint density at radius 1 is 1.11 bits per heavy atom. The molecule has 5 heterocycles. The van der Waals surface area contributed by atoms with Crippen molar-refractivity contribution in [3.8, 4) is 28.3 Å². The van der Waals surface area contributed by atoms with Crippen LogP contribution in [0.15, 0.2) is 61.4 Å². The van der Waals surface area contributed by atoms with Crippen LogP contribution >= 0.6 is 0 Å². The minimum Gasteiger partial charge on any atom is -0.325 e. The average Bonchev–Trinajstić information content (AvgIpc) is 3.60. The van der Waals surface area contributed by atoms with Crippen molar-refractivity contribution in [1.82, 2.24) is 39.7 Å². The summed E-state index contributed by atoms with van der Waals surface area (Å²) in [5.74, 6) is 0.875. The molecule has 0 fully saturated rings. The van der Waals surface area contributed by atoms with E-state index >= 15 is 0 Å². The molecule has 0 spiro atoms. The molecule has 0 radical (unpaired) electrons. The van der Waals surface area contributed by atoms with E-state index < -0.39 is 0 Å². The Morgan fingerprint density at radius 3 is 2.81 bits per heavy atom. The number of aryl methyl sites for hydroxylation is 1. The number of nitrogens with one attached hydrogen (secondary N) is 3. The summed E-state index contributed by atoms with van der Waals surface area (Å²) in [6.45, 7) is 5.98. The molecule has 6 rings (SSSR count). The van der Waals surface area contributed by atoms with Crippen molar-refractivity contribution >= 4 is 33.7 Å². The van der Waals surface area contributed by atoms with Crippen molar-refractivity contribution in [3.05, 3.63) is 67.1 Å². The summed E-state index contributed by atoms with van der Waals surface area (Å²) in [5.41, 5.74) is 7.29. The highest BCUT2D eigenvalue weighted by Gasteiger charge is 2.17. The van der Waals surface area contributed by atoms with E-state index in [0.29, 0.717) is 29.3 Å². The number of anilines is 1. The number of H-pyrrole nitrogens is 2. The maximum Gasteiger partial charge on any atom is 0.224 e. The zero-order chi connectivity index (χ0) is 25.5. The number of fused-ring (bicyclic) bond motifs is 2. The number of imidazole rings is 2. The quantitative estimate of drug-likeness (QED) is 0.299. The number of hydrogen-bond acceptors (Lipinski definition) is 6. The molecule has 184 valence electrons. The number of amides is 1. The maximum absolute atomic E-state index is 12.2. The Hall–Kier alpha value is -4.86. The van der Waals surface area contributed by atoms with Crippen LogP contribution in [0.2, 0.25) is 0 Å². The van der Waals surface area contributed by atoms with Gasteiger partial charge in [0.1, 0.15) is 11.2 Å². The van der Waals surface area contributed by atoms with Gasteiger partial charge in [-0.05, 0) is 42.7 Å². The topological polar surface area (TPSA) is 130 Å². The smallest absolute Gasteiger partial charge is 0.224 e. The van der Waals surface area contributed by atoms with E-state index in [1.807, 2.05) is 61.9 Å². The number of hydrogen-bond donors (Lipinski definition) is 3. The summed E-state index contributed by atoms with van der Waals surface area (Å²) in [4.78, 5) is 33.5. The highest BCUT2D eigenvalue weighted by atomic mass is 16.1. The summed E-state index contributed by atoms with van der Waals surface area (Å²) in [5, 5.41) is 11.5. The fourth-order valence-corrected chi connectivity index (χ4v) is 4.39. The van der Waals surface area contributed by atoms with Gasteiger partial charge in [0.05, 0.1) is 35.1 Å². The normalized spacial score (nSPS) is 11.6. The number of carbonyl (C=O) groups is 1. The number of pyridine rings is 2. The Bertz CT molecular complexity index is 1760. The summed E-state index contributed by atoms with van der Waals surface area (Å²) in [6.07, 6.45) is 9.36. The summed E-state index contributed by atoms with van der Waals surface area (Å²) >= 11 is 0. The highest BCUT2D eigenvalue weighted by molar-refractivity contribution is 5.96. The number of aromatic amines is 2. The van der Waals surface area contributed by atoms with E-state index in [1.165, 1.54) is 0 Å². The molecule has 0 aliphatic heterocycles. The zero-order valence-electron chi connectivity index (χ0n) is 20.6. The molecule has 6 aromatic rings. The third-order valence-corrected chi connectivity index (χ3v) is 6.09. The predicted molar refractivity (Wildman–Crippen MR) is 142 cm³/mol. The van der Waals surface area contributed by atoms with Gasteiger partial charge in [0, 0.05) is 36.0 Å². The minimum atomic E-state index is -0.0229. The molecule has 0 aliphatic rings. The first-order valence-electron chi connectivity index (χ1n) is 12.0. The van der Waals surface area contributed by atoms with Crippen molar-refractivity contribution in [2.75, 3.05) is 5.32 Å². The van der Waals surface area contributed by atoms with Crippen molar-refractivity contribution in [2.45, 2.75) is 27.2 Å². The van der Waals surface area contributed by atoms with Crippen LogP contribution in [0.25, 0.3) is 50.4 Å². The second kappa shape index (κ2) is 8.98. The van der Waals surface area contributed by atoms with E-state index in [-0.39, 0.29) is 11.8 Å². The highest BCUT2D eigenvalue weighted by Crippen LogP contribution is 2.31. The minimum absolute atomic E-state index is 0.0229. The number of aromatic nitrogens is 8. The van der Waals surface area contributed by atoms with Gasteiger partial charge in [0.25, 0.3) is 0 Å². The van der Waals surface area contributed by atoms with E-state index in [1.54, 1.807) is 24.9 Å². The molecule has 0 saturated carbocycles. The number of rotatable bonds is 6. The lowest BCUT2D eigenvalue weighted by Crippen LogP contribution is -2.13. The van der Waals surface area contributed by atoms with Gasteiger partial charge in [-0.2, -0.15) is 5.10 Å². The van der Waals surface area contributed by atoms with E-state index in [2.05, 4.69) is 35.5 Å². The van der Waals surface area contributed by atoms with Gasteiger partial charge in [0.15, 0.2) is 11.5 Å². The zero-order valence-corrected chi connectivity index (χ0v) is 20.6. The lowest BCUT2D eigenvalue weighted by molar-refractivity contribution is -0.116. The fourth-order valence-electron chi connectivity index (χ4n) is 4.39. The van der Waals surface area contributed by atoms with Crippen molar-refractivity contribution in [2.24, 2.45) is 5.92 Å². The molecular weight excluding hydrogens is 466 g/mol. The summed E-state index contributed by atoms with van der Waals surface area (Å²) in [6, 6.07) is 9.86. The molecule has 10 nitrogen and oxygen atoms in total. The van der Waals surface area contributed by atoms with E-state index in [4.69, 9.17) is 4.98 Å². The molecule has 10 heteroatoms. The van der Waals surface area contributed by atoms with Crippen LogP contribution in [0.4, 0.5) is 5.69 Å². The first kappa shape index (κ1) is 22.6. The molecule has 0 bridgehead atoms. The molecule has 5 aromatic heterocycles. The van der Waals surface area contributed by atoms with Crippen molar-refractivity contribution < 1.29 is 4.79 Å². The van der Waals surface area contributed by atoms with Gasteiger partial charge in [-0.15, -0.1) is 0 Å². The molecule has 1 amide bonds. The second-order valence-electron chi connectivity index (χ2n) is 9.48. The summed E-state index contributed by atoms with van der Waals surface area (Å²) < 4.78 is 1.94. The SMILES string of the molecule is Cc1cn(-c2ccnc3[nH]c(-c4n[nH]c5ccc(-c6cncc(NC(=O)CC(C)C)c6)cc45)nc23)cn1. The number of carbonyl (C=O) groups excluding carboxylic acids is 1. The van der Waals surface area contributed by atoms with Crippen LogP contribution in [0, 0.1) is 12.8 Å². The first-order chi connectivity index (χ1) is 17.9. The molecule has 0 saturated heterocycles. The maximum atomic E-state index is 12.2. The first-order valence-corrected chi connectivity index (χ1v) is 12.0. The van der Waals surface area contributed by atoms with Crippen molar-refractivity contribution in [1.29, 1.82) is 0 Å². The molecule has 1 aromatic carbocycles. The Kier molecular flexibility index (Phi) is 5.48. The van der Waals surface area contributed by atoms with Gasteiger partial charge < -0.3 is 14.9 Å². The van der Waals surface area contributed by atoms with E-state index in [9.17, 15) is 4.79 Å². The third-order valence-electron chi connectivity index (χ3n) is 6.09. The number of benzene rings is 1. The average molecular weight is 492 g/mol. The molecule has 0 atom stereocenters.